The van der Waals surface area contributed by atoms with Gasteiger partial charge in [0.1, 0.15) is 0 Å². The van der Waals surface area contributed by atoms with Gasteiger partial charge in [-0.25, -0.2) is 0 Å². The van der Waals surface area contributed by atoms with Gasteiger partial charge >= 0.3 is 17.3 Å². The zero-order valence-corrected chi connectivity index (χ0v) is 14.6. The molecule has 0 atom stereocenters. The van der Waals surface area contributed by atoms with Crippen molar-refractivity contribution >= 4 is 23.0 Å². The minimum Gasteiger partial charge on any atom is -0.497 e. The quantitative estimate of drug-likeness (QED) is 0.453. The molecule has 1 N–H and O–H groups in total. The highest BCUT2D eigenvalue weighted by atomic mass is 16.6. The average Bonchev–Trinajstić information content (AvgIpc) is 2.61. The third-order valence-electron chi connectivity index (χ3n) is 3.91. The second-order valence-electron chi connectivity index (χ2n) is 5.70. The molecule has 0 saturated carbocycles. The van der Waals surface area contributed by atoms with Crippen LogP contribution in [0.4, 0.5) is 17.1 Å². The van der Waals surface area contributed by atoms with Gasteiger partial charge in [-0.2, -0.15) is 0 Å². The highest BCUT2D eigenvalue weighted by molar-refractivity contribution is 5.72. The van der Waals surface area contributed by atoms with Crippen LogP contribution in [0.2, 0.25) is 0 Å². The van der Waals surface area contributed by atoms with E-state index in [1.165, 1.54) is 7.11 Å². The van der Waals surface area contributed by atoms with Crippen LogP contribution in [0.25, 0.3) is 0 Å². The first-order chi connectivity index (χ1) is 12.6. The summed E-state index contributed by atoms with van der Waals surface area (Å²) in [4.78, 5) is 41.0. The number of phenols is 1. The van der Waals surface area contributed by atoms with Crippen LogP contribution >= 0.6 is 0 Å². The third-order valence-corrected chi connectivity index (χ3v) is 3.91. The fraction of sp³-hybridized carbons (Fsp3) is 0.500. The number of benzene rings is 1. The Balaban J connectivity index is 0.000000289. The molecule has 0 spiro atoms. The lowest BCUT2D eigenvalue weighted by Gasteiger charge is -2.26. The SMILES string of the molecule is COC(=O)C1CCN(C)CC1.O=[N+]([O-])c1cc([N+](=O)[O-])c(O)c([N+](=O)[O-])c1. The maximum atomic E-state index is 11.0. The van der Waals surface area contributed by atoms with Crippen molar-refractivity contribution in [2.75, 3.05) is 27.2 Å². The number of nitrogens with zero attached hydrogens (tertiary/aromatic N) is 4. The van der Waals surface area contributed by atoms with Gasteiger partial charge in [-0.1, -0.05) is 0 Å². The van der Waals surface area contributed by atoms with Crippen molar-refractivity contribution in [3.8, 4) is 5.75 Å². The van der Waals surface area contributed by atoms with Gasteiger partial charge in [-0.3, -0.25) is 35.1 Å². The molecule has 148 valence electrons. The van der Waals surface area contributed by atoms with E-state index in [1.54, 1.807) is 0 Å². The van der Waals surface area contributed by atoms with E-state index in [4.69, 9.17) is 5.11 Å². The fourth-order valence-electron chi connectivity index (χ4n) is 2.38. The highest BCUT2D eigenvalue weighted by Gasteiger charge is 2.30. The largest absolute Gasteiger partial charge is 0.497 e. The molecule has 2 rings (SSSR count). The Morgan fingerprint density at radius 3 is 1.85 bits per heavy atom. The van der Waals surface area contributed by atoms with E-state index in [0.717, 1.165) is 25.9 Å². The number of esters is 1. The number of likely N-dealkylation sites (tertiary alicyclic amines) is 1. The second kappa shape index (κ2) is 9.38. The number of piperidine rings is 1. The molecule has 13 heteroatoms. The Labute approximate surface area is 152 Å². The van der Waals surface area contributed by atoms with Crippen LogP contribution in [0.15, 0.2) is 12.1 Å². The molecule has 0 aromatic heterocycles. The van der Waals surface area contributed by atoms with Gasteiger partial charge in [0.05, 0.1) is 39.9 Å². The summed E-state index contributed by atoms with van der Waals surface area (Å²) in [5.41, 5.74) is -3.00. The summed E-state index contributed by atoms with van der Waals surface area (Å²) >= 11 is 0. The van der Waals surface area contributed by atoms with Crippen molar-refractivity contribution in [2.24, 2.45) is 5.92 Å². The van der Waals surface area contributed by atoms with Crippen molar-refractivity contribution in [3.05, 3.63) is 42.5 Å². The zero-order valence-electron chi connectivity index (χ0n) is 14.6. The van der Waals surface area contributed by atoms with Crippen LogP contribution < -0.4 is 0 Å². The lowest BCUT2D eigenvalue weighted by molar-refractivity contribution is -0.404. The molecule has 13 nitrogen and oxygen atoms in total. The van der Waals surface area contributed by atoms with Crippen LogP contribution in [-0.4, -0.2) is 58.0 Å². The van der Waals surface area contributed by atoms with Crippen LogP contribution in [0.3, 0.4) is 0 Å². The monoisotopic (exact) mass is 386 g/mol. The molecular weight excluding hydrogens is 368 g/mol. The smallest absolute Gasteiger partial charge is 0.324 e. The molecule has 1 aliphatic rings. The molecule has 27 heavy (non-hydrogen) atoms. The van der Waals surface area contributed by atoms with Gasteiger partial charge < -0.3 is 14.7 Å². The number of hydrogen-bond donors (Lipinski definition) is 1. The number of methoxy groups -OCH3 is 1. The lowest BCUT2D eigenvalue weighted by atomic mass is 9.98. The predicted molar refractivity (Wildman–Crippen MR) is 90.3 cm³/mol. The number of ether oxygens (including phenoxy) is 1. The maximum Gasteiger partial charge on any atom is 0.324 e. The summed E-state index contributed by atoms with van der Waals surface area (Å²) in [7, 11) is 3.54. The van der Waals surface area contributed by atoms with Crippen molar-refractivity contribution < 1.29 is 29.4 Å². The molecule has 1 aromatic rings. The van der Waals surface area contributed by atoms with Gasteiger partial charge in [0.25, 0.3) is 11.4 Å². The van der Waals surface area contributed by atoms with Crippen LogP contribution in [0.5, 0.6) is 5.75 Å². The van der Waals surface area contributed by atoms with Gasteiger partial charge in [-0.05, 0) is 33.0 Å². The van der Waals surface area contributed by atoms with Crippen LogP contribution in [0, 0.1) is 36.3 Å². The molecule has 1 fully saturated rings. The van der Waals surface area contributed by atoms with Gasteiger partial charge in [0.2, 0.25) is 0 Å². The van der Waals surface area contributed by atoms with E-state index in [-0.39, 0.29) is 11.9 Å². The number of rotatable bonds is 4. The zero-order chi connectivity index (χ0) is 20.7. The van der Waals surface area contributed by atoms with E-state index in [2.05, 4.69) is 16.7 Å². The Bertz CT molecular complexity index is 709. The number of hydrogen-bond acceptors (Lipinski definition) is 10. The molecule has 0 radical (unpaired) electrons. The average molecular weight is 386 g/mol. The van der Waals surface area contributed by atoms with Gasteiger partial charge in [-0.15, -0.1) is 0 Å². The summed E-state index contributed by atoms with van der Waals surface area (Å²) in [6.07, 6.45) is 1.90. The van der Waals surface area contributed by atoms with Crippen molar-refractivity contribution in [3.63, 3.8) is 0 Å². The molecular formula is C14H18N4O9. The van der Waals surface area contributed by atoms with Gasteiger partial charge in [0, 0.05) is 0 Å². The lowest BCUT2D eigenvalue weighted by Crippen LogP contribution is -2.33. The molecule has 0 amide bonds. The molecule has 1 aromatic carbocycles. The Morgan fingerprint density at radius 2 is 1.52 bits per heavy atom. The first-order valence-corrected chi connectivity index (χ1v) is 7.65. The molecule has 1 aliphatic heterocycles. The van der Waals surface area contributed by atoms with Crippen molar-refractivity contribution in [1.29, 1.82) is 0 Å². The molecule has 0 aliphatic carbocycles. The first-order valence-electron chi connectivity index (χ1n) is 7.65. The Hall–Kier alpha value is -3.35. The first kappa shape index (κ1) is 21.7. The van der Waals surface area contributed by atoms with E-state index >= 15 is 0 Å². The number of carbonyl (C=O) groups excluding carboxylic acids is 1. The van der Waals surface area contributed by atoms with Crippen molar-refractivity contribution in [1.82, 2.24) is 4.90 Å². The maximum absolute atomic E-state index is 11.0. The summed E-state index contributed by atoms with van der Waals surface area (Å²) in [6, 6.07) is 0.894. The topological polar surface area (TPSA) is 179 Å². The molecule has 1 heterocycles. The van der Waals surface area contributed by atoms with Crippen LogP contribution in [-0.2, 0) is 9.53 Å². The predicted octanol–water partition coefficient (Wildman–Crippen LogP) is 1.62. The minimum atomic E-state index is -1.21. The number of nitro benzene ring substituents is 3. The number of phenolic OH excluding ortho intramolecular Hbond substituents is 1. The molecule has 0 unspecified atom stereocenters. The summed E-state index contributed by atoms with van der Waals surface area (Å²) in [5, 5.41) is 40.2. The van der Waals surface area contributed by atoms with E-state index in [1.807, 2.05) is 0 Å². The number of non-ortho nitro benzene ring substituents is 1. The highest BCUT2D eigenvalue weighted by Crippen LogP contribution is 2.38. The Morgan fingerprint density at radius 1 is 1.07 bits per heavy atom. The molecule has 1 saturated heterocycles. The second-order valence-corrected chi connectivity index (χ2v) is 5.70. The van der Waals surface area contributed by atoms with Crippen molar-refractivity contribution in [2.45, 2.75) is 12.8 Å². The summed E-state index contributed by atoms with van der Waals surface area (Å²) in [6.45, 7) is 2.03. The van der Waals surface area contributed by atoms with E-state index in [9.17, 15) is 35.1 Å². The normalized spacial score (nSPS) is 14.6. The Kier molecular flexibility index (Phi) is 7.53. The minimum absolute atomic E-state index is 0.0434. The summed E-state index contributed by atoms with van der Waals surface area (Å²) in [5.74, 6) is -1.10. The van der Waals surface area contributed by atoms with Crippen LogP contribution in [0.1, 0.15) is 12.8 Å². The van der Waals surface area contributed by atoms with E-state index < -0.39 is 37.6 Å². The fourth-order valence-corrected chi connectivity index (χ4v) is 2.38. The molecule has 0 bridgehead atoms. The standard InChI is InChI=1S/C8H15NO2.C6H3N3O7/c1-9-5-3-7(4-6-9)8(10)11-2;10-6-4(8(13)14)1-3(7(11)12)2-5(6)9(15)16/h7H,3-6H2,1-2H3;1-2,10H. The number of nitro groups is 3. The number of aromatic hydroxyl groups is 1. The number of carbonyl (C=O) groups is 1. The summed E-state index contributed by atoms with van der Waals surface area (Å²) < 4.78 is 4.67. The third kappa shape index (κ3) is 5.85. The van der Waals surface area contributed by atoms with E-state index in [0.29, 0.717) is 12.1 Å². The van der Waals surface area contributed by atoms with Gasteiger partial charge in [0.15, 0.2) is 0 Å².